The van der Waals surface area contributed by atoms with Crippen molar-refractivity contribution in [2.75, 3.05) is 56.1 Å². The molecule has 0 saturated carbocycles. The van der Waals surface area contributed by atoms with E-state index in [2.05, 4.69) is 15.1 Å². The number of nitrogens with zero attached hydrogens (tertiary/aromatic N) is 3. The molecule has 3 aromatic rings. The van der Waals surface area contributed by atoms with E-state index in [0.29, 0.717) is 17.0 Å². The Labute approximate surface area is 233 Å². The maximum atomic E-state index is 13.2. The third-order valence-electron chi connectivity index (χ3n) is 7.29. The highest BCUT2D eigenvalue weighted by atomic mass is 32.2. The maximum Gasteiger partial charge on any atom is 0.264 e. The van der Waals surface area contributed by atoms with Gasteiger partial charge in [-0.05, 0) is 79.6 Å². The van der Waals surface area contributed by atoms with Crippen LogP contribution in [0.4, 0.5) is 15.8 Å². The molecule has 1 fully saturated rings. The summed E-state index contributed by atoms with van der Waals surface area (Å²) in [4.78, 5) is 33.8. The summed E-state index contributed by atoms with van der Waals surface area (Å²) in [7, 11) is 1.75. The number of carbonyl (C=O) groups excluding carboxylic acids is 2. The zero-order valence-electron chi connectivity index (χ0n) is 22.3. The number of nitrogens with one attached hydrogen (secondary N) is 1. The van der Waals surface area contributed by atoms with Crippen molar-refractivity contribution in [1.82, 2.24) is 10.2 Å². The van der Waals surface area contributed by atoms with Crippen LogP contribution in [0, 0.1) is 12.7 Å². The van der Waals surface area contributed by atoms with Crippen molar-refractivity contribution in [3.05, 3.63) is 94.1 Å². The highest BCUT2D eigenvalue weighted by Crippen LogP contribution is 2.42. The quantitative estimate of drug-likeness (QED) is 0.328. The third kappa shape index (κ3) is 6.34. The van der Waals surface area contributed by atoms with Gasteiger partial charge in [-0.25, -0.2) is 4.39 Å². The minimum absolute atomic E-state index is 0.0761. The van der Waals surface area contributed by atoms with Gasteiger partial charge in [0.1, 0.15) is 5.82 Å². The van der Waals surface area contributed by atoms with Gasteiger partial charge in [0.2, 0.25) is 0 Å². The number of carbonyl (C=O) groups is 2. The zero-order valence-corrected chi connectivity index (χ0v) is 23.1. The summed E-state index contributed by atoms with van der Waals surface area (Å²) in [5.41, 5.74) is 4.49. The average Bonchev–Trinajstić information content (AvgIpc) is 2.95. The number of amides is 2. The third-order valence-corrected chi connectivity index (χ3v) is 8.37. The van der Waals surface area contributed by atoms with Gasteiger partial charge in [-0.2, -0.15) is 0 Å². The molecule has 3 aromatic carbocycles. The van der Waals surface area contributed by atoms with E-state index >= 15 is 0 Å². The Morgan fingerprint density at radius 3 is 2.51 bits per heavy atom. The lowest BCUT2D eigenvalue weighted by molar-refractivity contribution is -0.114. The SMILES string of the molecule is Cc1ccccc1C=C1Sc2ccc(C(=O)NCCCN3CCN(c4ccc(F)cc4)CC3)cc2N(C)C1=O. The highest BCUT2D eigenvalue weighted by Gasteiger charge is 2.27. The number of halogens is 1. The summed E-state index contributed by atoms with van der Waals surface area (Å²) < 4.78 is 13.2. The minimum atomic E-state index is -0.214. The van der Waals surface area contributed by atoms with Gasteiger partial charge in [0.25, 0.3) is 11.8 Å². The summed E-state index contributed by atoms with van der Waals surface area (Å²) in [6.07, 6.45) is 2.79. The summed E-state index contributed by atoms with van der Waals surface area (Å²) in [5, 5.41) is 3.03. The molecule has 0 spiro atoms. The van der Waals surface area contributed by atoms with E-state index < -0.39 is 0 Å². The van der Waals surface area contributed by atoms with Crippen LogP contribution in [0.3, 0.4) is 0 Å². The molecule has 2 aliphatic heterocycles. The standard InChI is InChI=1S/C31H33FN4O2S/c1-22-6-3-4-7-23(22)21-29-31(38)34(2)27-20-24(8-13-28(27)39-29)30(37)33-14-5-15-35-16-18-36(19-17-35)26-11-9-25(32)10-12-26/h3-4,6-13,20-21H,5,14-19H2,1-2H3,(H,33,37). The Hall–Kier alpha value is -3.62. The first kappa shape index (κ1) is 27.0. The van der Waals surface area contributed by atoms with Gasteiger partial charge < -0.3 is 15.1 Å². The lowest BCUT2D eigenvalue weighted by atomic mass is 10.1. The molecule has 0 aromatic heterocycles. The maximum absolute atomic E-state index is 13.2. The molecule has 2 heterocycles. The predicted molar refractivity (Wildman–Crippen MR) is 157 cm³/mol. The molecule has 2 aliphatic rings. The second-order valence-corrected chi connectivity index (χ2v) is 11.0. The summed E-state index contributed by atoms with van der Waals surface area (Å²) in [6, 6.07) is 20.2. The number of hydrogen-bond acceptors (Lipinski definition) is 5. The van der Waals surface area contributed by atoms with Crippen LogP contribution in [-0.4, -0.2) is 63.0 Å². The molecule has 0 bridgehead atoms. The van der Waals surface area contributed by atoms with E-state index in [0.717, 1.165) is 66.5 Å². The van der Waals surface area contributed by atoms with Crippen LogP contribution in [0.5, 0.6) is 0 Å². The van der Waals surface area contributed by atoms with Gasteiger partial charge in [-0.15, -0.1) is 0 Å². The minimum Gasteiger partial charge on any atom is -0.369 e. The molecule has 0 aliphatic carbocycles. The molecule has 39 heavy (non-hydrogen) atoms. The smallest absolute Gasteiger partial charge is 0.264 e. The first-order chi connectivity index (χ1) is 18.9. The van der Waals surface area contributed by atoms with Crippen LogP contribution in [0.25, 0.3) is 6.08 Å². The Kier molecular flexibility index (Phi) is 8.33. The number of anilines is 2. The van der Waals surface area contributed by atoms with Gasteiger partial charge in [-0.1, -0.05) is 36.0 Å². The summed E-state index contributed by atoms with van der Waals surface area (Å²) in [5.74, 6) is -0.423. The molecule has 2 amide bonds. The van der Waals surface area contributed by atoms with E-state index in [4.69, 9.17) is 0 Å². The second kappa shape index (κ2) is 12.1. The van der Waals surface area contributed by atoms with Crippen molar-refractivity contribution in [3.8, 4) is 0 Å². The molecule has 0 radical (unpaired) electrons. The zero-order chi connectivity index (χ0) is 27.4. The molecular formula is C31H33FN4O2S. The molecule has 0 atom stereocenters. The van der Waals surface area contributed by atoms with Crippen molar-refractivity contribution >= 4 is 41.0 Å². The van der Waals surface area contributed by atoms with Crippen LogP contribution in [0.15, 0.2) is 76.5 Å². The molecule has 0 unspecified atom stereocenters. The van der Waals surface area contributed by atoms with Crippen LogP contribution in [-0.2, 0) is 4.79 Å². The van der Waals surface area contributed by atoms with E-state index in [9.17, 15) is 14.0 Å². The number of likely N-dealkylation sites (N-methyl/N-ethyl adjacent to an activating group) is 1. The lowest BCUT2D eigenvalue weighted by Gasteiger charge is -2.36. The normalized spacial score (nSPS) is 16.9. The lowest BCUT2D eigenvalue weighted by Crippen LogP contribution is -2.47. The van der Waals surface area contributed by atoms with Crippen molar-refractivity contribution in [1.29, 1.82) is 0 Å². The van der Waals surface area contributed by atoms with E-state index in [1.54, 1.807) is 18.0 Å². The molecule has 1 N–H and O–H groups in total. The number of benzene rings is 3. The Morgan fingerprint density at radius 1 is 1.03 bits per heavy atom. The van der Waals surface area contributed by atoms with Crippen molar-refractivity contribution in [2.45, 2.75) is 18.2 Å². The largest absolute Gasteiger partial charge is 0.369 e. The molecule has 202 valence electrons. The Bertz CT molecular complexity index is 1380. The van der Waals surface area contributed by atoms with Gasteiger partial charge in [0.15, 0.2) is 0 Å². The van der Waals surface area contributed by atoms with Crippen molar-refractivity contribution in [3.63, 3.8) is 0 Å². The number of rotatable bonds is 7. The fourth-order valence-electron chi connectivity index (χ4n) is 4.91. The van der Waals surface area contributed by atoms with Crippen molar-refractivity contribution < 1.29 is 14.0 Å². The first-order valence-electron chi connectivity index (χ1n) is 13.3. The molecule has 6 nitrogen and oxygen atoms in total. The van der Waals surface area contributed by atoms with E-state index in [-0.39, 0.29) is 17.6 Å². The monoisotopic (exact) mass is 544 g/mol. The van der Waals surface area contributed by atoms with Crippen LogP contribution in [0.2, 0.25) is 0 Å². The highest BCUT2D eigenvalue weighted by molar-refractivity contribution is 8.04. The Morgan fingerprint density at radius 2 is 1.77 bits per heavy atom. The number of hydrogen-bond donors (Lipinski definition) is 1. The van der Waals surface area contributed by atoms with Gasteiger partial charge >= 0.3 is 0 Å². The topological polar surface area (TPSA) is 55.9 Å². The summed E-state index contributed by atoms with van der Waals surface area (Å²) in [6.45, 7) is 7.21. The fourth-order valence-corrected chi connectivity index (χ4v) is 6.00. The molecule has 8 heteroatoms. The molecule has 1 saturated heterocycles. The van der Waals surface area contributed by atoms with Gasteiger partial charge in [0.05, 0.1) is 10.6 Å². The Balaban J connectivity index is 1.11. The second-order valence-electron chi connectivity index (χ2n) is 9.93. The number of piperazine rings is 1. The number of fused-ring (bicyclic) bond motifs is 1. The van der Waals surface area contributed by atoms with Crippen LogP contribution < -0.4 is 15.1 Å². The van der Waals surface area contributed by atoms with Gasteiger partial charge in [-0.3, -0.25) is 14.5 Å². The molecule has 5 rings (SSSR count). The number of thioether (sulfide) groups is 1. The van der Waals surface area contributed by atoms with Crippen molar-refractivity contribution in [2.24, 2.45) is 0 Å². The number of aryl methyl sites for hydroxylation is 1. The van der Waals surface area contributed by atoms with Crippen LogP contribution in [0.1, 0.15) is 27.9 Å². The molecular weight excluding hydrogens is 511 g/mol. The summed E-state index contributed by atoms with van der Waals surface area (Å²) >= 11 is 1.44. The first-order valence-corrected chi connectivity index (χ1v) is 14.1. The van der Waals surface area contributed by atoms with Gasteiger partial charge in [0, 0.05) is 55.9 Å². The predicted octanol–water partition coefficient (Wildman–Crippen LogP) is 5.19. The van der Waals surface area contributed by atoms with E-state index in [1.165, 1.54) is 23.9 Å². The average molecular weight is 545 g/mol. The van der Waals surface area contributed by atoms with E-state index in [1.807, 2.05) is 61.5 Å². The fraction of sp³-hybridized carbons (Fsp3) is 0.290. The van der Waals surface area contributed by atoms with Crippen LogP contribution >= 0.6 is 11.8 Å².